The van der Waals surface area contributed by atoms with Crippen molar-refractivity contribution in [1.29, 1.82) is 0 Å². The van der Waals surface area contributed by atoms with Gasteiger partial charge in [-0.15, -0.1) is 0 Å². The lowest BCUT2D eigenvalue weighted by atomic mass is 10.00. The summed E-state index contributed by atoms with van der Waals surface area (Å²) in [5.74, 6) is 0.0557. The number of carbonyl (C=O) groups is 1. The lowest BCUT2D eigenvalue weighted by molar-refractivity contribution is 0.103. The number of aryl methyl sites for hydroxylation is 2. The maximum atomic E-state index is 12.5. The molecule has 0 bridgehead atoms. The Morgan fingerprint density at radius 1 is 0.952 bits per heavy atom. The summed E-state index contributed by atoms with van der Waals surface area (Å²) in [7, 11) is 0. The summed E-state index contributed by atoms with van der Waals surface area (Å²) in [6, 6.07) is 17.5. The van der Waals surface area contributed by atoms with Gasteiger partial charge in [0.05, 0.1) is 5.52 Å². The fourth-order valence-corrected chi connectivity index (χ4v) is 2.43. The number of pyridine rings is 1. The van der Waals surface area contributed by atoms with Crippen LogP contribution in [0, 0.1) is 6.92 Å². The zero-order valence-corrected chi connectivity index (χ0v) is 12.3. The van der Waals surface area contributed by atoms with Crippen LogP contribution < -0.4 is 0 Å². The minimum absolute atomic E-state index is 0.0557. The molecule has 2 heteroatoms. The van der Waals surface area contributed by atoms with E-state index >= 15 is 0 Å². The molecule has 3 aromatic rings. The zero-order valence-electron chi connectivity index (χ0n) is 12.3. The average molecular weight is 275 g/mol. The van der Waals surface area contributed by atoms with Gasteiger partial charge >= 0.3 is 0 Å². The van der Waals surface area contributed by atoms with Crippen LogP contribution in [-0.2, 0) is 6.42 Å². The van der Waals surface area contributed by atoms with Crippen molar-refractivity contribution >= 4 is 16.7 Å². The summed E-state index contributed by atoms with van der Waals surface area (Å²) in [6.45, 7) is 4.07. The van der Waals surface area contributed by atoms with Crippen LogP contribution in [0.2, 0.25) is 0 Å². The van der Waals surface area contributed by atoms with Crippen molar-refractivity contribution in [2.75, 3.05) is 0 Å². The fraction of sp³-hybridized carbons (Fsp3) is 0.158. The lowest BCUT2D eigenvalue weighted by Gasteiger charge is -2.05. The van der Waals surface area contributed by atoms with E-state index < -0.39 is 0 Å². The van der Waals surface area contributed by atoms with E-state index in [2.05, 4.69) is 11.9 Å². The molecular weight excluding hydrogens is 258 g/mol. The second-order valence-corrected chi connectivity index (χ2v) is 5.24. The monoisotopic (exact) mass is 275 g/mol. The van der Waals surface area contributed by atoms with Crippen molar-refractivity contribution in [3.63, 3.8) is 0 Å². The quantitative estimate of drug-likeness (QED) is 0.666. The number of benzene rings is 2. The number of nitrogens with zero attached hydrogens (tertiary/aromatic N) is 1. The molecule has 0 saturated carbocycles. The molecule has 0 aliphatic rings. The molecule has 2 aromatic carbocycles. The molecular formula is C19H17NO. The predicted molar refractivity (Wildman–Crippen MR) is 85.7 cm³/mol. The van der Waals surface area contributed by atoms with Gasteiger partial charge in [-0.3, -0.25) is 9.78 Å². The van der Waals surface area contributed by atoms with E-state index in [1.54, 1.807) is 0 Å². The first-order valence-electron chi connectivity index (χ1n) is 7.18. The van der Waals surface area contributed by atoms with Gasteiger partial charge in [-0.05, 0) is 43.2 Å². The number of aromatic nitrogens is 1. The number of fused-ring (bicyclic) bond motifs is 1. The summed E-state index contributed by atoms with van der Waals surface area (Å²) in [4.78, 5) is 17.0. The normalized spacial score (nSPS) is 10.8. The fourth-order valence-electron chi connectivity index (χ4n) is 2.43. The molecule has 0 unspecified atom stereocenters. The van der Waals surface area contributed by atoms with Crippen LogP contribution in [0.5, 0.6) is 0 Å². The van der Waals surface area contributed by atoms with Crippen molar-refractivity contribution in [2.45, 2.75) is 20.3 Å². The van der Waals surface area contributed by atoms with Gasteiger partial charge in [0.1, 0.15) is 0 Å². The van der Waals surface area contributed by atoms with E-state index in [1.165, 1.54) is 5.56 Å². The molecule has 0 atom stereocenters. The summed E-state index contributed by atoms with van der Waals surface area (Å²) < 4.78 is 0. The van der Waals surface area contributed by atoms with Gasteiger partial charge in [0, 0.05) is 22.2 Å². The summed E-state index contributed by atoms with van der Waals surface area (Å²) in [5.41, 5.74) is 4.58. The number of ketones is 1. The van der Waals surface area contributed by atoms with Crippen LogP contribution in [0.1, 0.15) is 34.1 Å². The topological polar surface area (TPSA) is 30.0 Å². The van der Waals surface area contributed by atoms with E-state index in [9.17, 15) is 4.79 Å². The first kappa shape index (κ1) is 13.5. The molecule has 0 aliphatic heterocycles. The highest BCUT2D eigenvalue weighted by atomic mass is 16.1. The van der Waals surface area contributed by atoms with E-state index in [0.29, 0.717) is 5.56 Å². The lowest BCUT2D eigenvalue weighted by Crippen LogP contribution is -2.01. The van der Waals surface area contributed by atoms with Crippen LogP contribution in [0.3, 0.4) is 0 Å². The Balaban J connectivity index is 1.98. The van der Waals surface area contributed by atoms with Gasteiger partial charge in [0.2, 0.25) is 0 Å². The summed E-state index contributed by atoms with van der Waals surface area (Å²) in [6.07, 6.45) is 0.982. The third-order valence-electron chi connectivity index (χ3n) is 3.71. The second-order valence-electron chi connectivity index (χ2n) is 5.24. The molecule has 0 amide bonds. The van der Waals surface area contributed by atoms with Gasteiger partial charge in [-0.1, -0.05) is 37.3 Å². The van der Waals surface area contributed by atoms with E-state index in [-0.39, 0.29) is 5.78 Å². The maximum absolute atomic E-state index is 12.5. The Hall–Kier alpha value is -2.48. The standard InChI is InChI=1S/C19H17NO/c1-3-14-5-8-15(9-6-14)19(21)17-10-11-18-16(12-17)7-4-13(2)20-18/h4-12H,3H2,1-2H3. The van der Waals surface area contributed by atoms with Crippen LogP contribution >= 0.6 is 0 Å². The van der Waals surface area contributed by atoms with E-state index in [1.807, 2.05) is 61.5 Å². The molecule has 21 heavy (non-hydrogen) atoms. The molecule has 1 aromatic heterocycles. The average Bonchev–Trinajstić information content (AvgIpc) is 2.53. The zero-order chi connectivity index (χ0) is 14.8. The SMILES string of the molecule is CCc1ccc(C(=O)c2ccc3nc(C)ccc3c2)cc1. The number of hydrogen-bond acceptors (Lipinski definition) is 2. The van der Waals surface area contributed by atoms with Crippen molar-refractivity contribution in [3.05, 3.63) is 77.0 Å². The Kier molecular flexibility index (Phi) is 3.53. The largest absolute Gasteiger partial charge is 0.289 e. The van der Waals surface area contributed by atoms with Gasteiger partial charge in [-0.25, -0.2) is 0 Å². The predicted octanol–water partition coefficient (Wildman–Crippen LogP) is 4.34. The van der Waals surface area contributed by atoms with Crippen LogP contribution in [0.4, 0.5) is 0 Å². The van der Waals surface area contributed by atoms with Crippen LogP contribution in [-0.4, -0.2) is 10.8 Å². The third kappa shape index (κ3) is 2.70. The summed E-state index contributed by atoms with van der Waals surface area (Å²) >= 11 is 0. The number of hydrogen-bond donors (Lipinski definition) is 0. The van der Waals surface area contributed by atoms with Crippen molar-refractivity contribution < 1.29 is 4.79 Å². The van der Waals surface area contributed by atoms with Crippen LogP contribution in [0.15, 0.2) is 54.6 Å². The van der Waals surface area contributed by atoms with E-state index in [0.717, 1.165) is 28.6 Å². The highest BCUT2D eigenvalue weighted by Gasteiger charge is 2.09. The highest BCUT2D eigenvalue weighted by molar-refractivity contribution is 6.10. The third-order valence-corrected chi connectivity index (χ3v) is 3.71. The van der Waals surface area contributed by atoms with Gasteiger partial charge < -0.3 is 0 Å². The van der Waals surface area contributed by atoms with E-state index in [4.69, 9.17) is 0 Å². The van der Waals surface area contributed by atoms with Gasteiger partial charge in [0.25, 0.3) is 0 Å². The van der Waals surface area contributed by atoms with Crippen molar-refractivity contribution in [2.24, 2.45) is 0 Å². The molecule has 1 heterocycles. The maximum Gasteiger partial charge on any atom is 0.193 e. The number of rotatable bonds is 3. The highest BCUT2D eigenvalue weighted by Crippen LogP contribution is 2.18. The molecule has 0 N–H and O–H groups in total. The Morgan fingerprint density at radius 2 is 1.67 bits per heavy atom. The molecule has 0 saturated heterocycles. The Labute approximate surface area is 124 Å². The second kappa shape index (κ2) is 5.49. The van der Waals surface area contributed by atoms with Gasteiger partial charge in [-0.2, -0.15) is 0 Å². The molecule has 0 radical (unpaired) electrons. The van der Waals surface area contributed by atoms with Crippen molar-refractivity contribution in [1.82, 2.24) is 4.98 Å². The molecule has 2 nitrogen and oxygen atoms in total. The molecule has 3 rings (SSSR count). The van der Waals surface area contributed by atoms with Crippen LogP contribution in [0.25, 0.3) is 10.9 Å². The van der Waals surface area contributed by atoms with Crippen molar-refractivity contribution in [3.8, 4) is 0 Å². The molecule has 0 fully saturated rings. The molecule has 0 aliphatic carbocycles. The summed E-state index contributed by atoms with van der Waals surface area (Å²) in [5, 5.41) is 0.997. The first-order chi connectivity index (χ1) is 10.2. The molecule has 104 valence electrons. The first-order valence-corrected chi connectivity index (χ1v) is 7.18. The van der Waals surface area contributed by atoms with Gasteiger partial charge in [0.15, 0.2) is 5.78 Å². The smallest absolute Gasteiger partial charge is 0.193 e. The Bertz CT molecular complexity index is 803. The minimum atomic E-state index is 0.0557. The Morgan fingerprint density at radius 3 is 2.38 bits per heavy atom. The number of carbonyl (C=O) groups excluding carboxylic acids is 1. The minimum Gasteiger partial charge on any atom is -0.289 e. The molecule has 0 spiro atoms.